The van der Waals surface area contributed by atoms with Crippen molar-refractivity contribution in [2.24, 2.45) is 23.7 Å². The number of nitriles is 1. The van der Waals surface area contributed by atoms with Crippen molar-refractivity contribution in [1.82, 2.24) is 10.3 Å². The number of nitrogens with zero attached hydrogens (tertiary/aromatic N) is 3. The average molecular weight is 641 g/mol. The van der Waals surface area contributed by atoms with Crippen LogP contribution >= 0.6 is 0 Å². The molecule has 3 atom stereocenters. The third kappa shape index (κ3) is 6.50. The Morgan fingerprint density at radius 1 is 0.891 bits per heavy atom. The molecule has 2 aromatic carbocycles. The van der Waals surface area contributed by atoms with Crippen LogP contribution in [-0.2, 0) is 15.3 Å². The molecule has 0 bridgehead atoms. The number of aromatic nitrogens is 1. The number of carbonyl (C=O) groups is 1. The van der Waals surface area contributed by atoms with E-state index in [-0.39, 0.29) is 22.8 Å². The predicted molar refractivity (Wildman–Crippen MR) is 177 cm³/mol. The van der Waals surface area contributed by atoms with Crippen molar-refractivity contribution in [2.75, 3.05) is 18.0 Å². The van der Waals surface area contributed by atoms with Gasteiger partial charge in [0.1, 0.15) is 0 Å². The van der Waals surface area contributed by atoms with Crippen LogP contribution in [0.1, 0.15) is 69.8 Å². The molecule has 242 valence electrons. The minimum atomic E-state index is -3.54. The van der Waals surface area contributed by atoms with E-state index in [9.17, 15) is 23.6 Å². The standard InChI is InChI=1S/C37H44N4O4S/c38-26-37(29-8-2-1-3-9-29,34-10-5-11-35(34)40-36(42)43)30-14-12-27(13-15-30)6-4-7-28-24-41(25-28)31-16-18-32(19-17-31)46(44,45)33-20-22-39-23-21-33/h1-3,8-9,16-23,27-28,30,34-35,40H,4-7,10-15,24-25H2,(H,42,43)/t27?,30?,34-,35-,37?/m1/s1. The molecule has 1 amide bonds. The minimum Gasteiger partial charge on any atom is -0.465 e. The van der Waals surface area contributed by atoms with Gasteiger partial charge in [-0.1, -0.05) is 62.4 Å². The van der Waals surface area contributed by atoms with Gasteiger partial charge in [0.15, 0.2) is 0 Å². The Labute approximate surface area is 272 Å². The second kappa shape index (κ2) is 13.8. The summed E-state index contributed by atoms with van der Waals surface area (Å²) in [5.41, 5.74) is 1.43. The van der Waals surface area contributed by atoms with Crippen LogP contribution in [0.5, 0.6) is 0 Å². The molecule has 0 radical (unpaired) electrons. The molecule has 46 heavy (non-hydrogen) atoms. The topological polar surface area (TPSA) is 123 Å². The zero-order chi connectivity index (χ0) is 32.1. The van der Waals surface area contributed by atoms with E-state index in [1.807, 2.05) is 30.3 Å². The van der Waals surface area contributed by atoms with Gasteiger partial charge in [-0.25, -0.2) is 13.2 Å². The Morgan fingerprint density at radius 2 is 1.54 bits per heavy atom. The highest BCUT2D eigenvalue weighted by Gasteiger charge is 2.52. The van der Waals surface area contributed by atoms with Crippen LogP contribution in [-0.4, -0.2) is 43.7 Å². The molecule has 9 heteroatoms. The molecule has 2 heterocycles. The fourth-order valence-electron chi connectivity index (χ4n) is 8.60. The lowest BCUT2D eigenvalue weighted by Gasteiger charge is -2.45. The van der Waals surface area contributed by atoms with Gasteiger partial charge in [0.05, 0.1) is 21.3 Å². The average Bonchev–Trinajstić information content (AvgIpc) is 3.52. The Balaban J connectivity index is 0.990. The number of nitrogens with one attached hydrogen (secondary N) is 1. The first-order valence-corrected chi connectivity index (χ1v) is 18.3. The molecule has 3 fully saturated rings. The summed E-state index contributed by atoms with van der Waals surface area (Å²) < 4.78 is 25.8. The Bertz CT molecular complexity index is 1610. The number of hydrogen-bond donors (Lipinski definition) is 2. The first-order chi connectivity index (χ1) is 22.3. The van der Waals surface area contributed by atoms with Crippen LogP contribution in [0.2, 0.25) is 0 Å². The fourth-order valence-corrected chi connectivity index (χ4v) is 9.84. The molecular weight excluding hydrogens is 596 g/mol. The lowest BCUT2D eigenvalue weighted by Crippen LogP contribution is -2.50. The fraction of sp³-hybridized carbons (Fsp3) is 0.486. The maximum Gasteiger partial charge on any atom is 0.404 e. The van der Waals surface area contributed by atoms with Crippen molar-refractivity contribution in [2.45, 2.75) is 85.5 Å². The first-order valence-electron chi connectivity index (χ1n) is 16.8. The number of rotatable bonds is 11. The molecule has 2 aliphatic carbocycles. The second-order valence-corrected chi connectivity index (χ2v) is 15.5. The number of benzene rings is 2. The highest BCUT2D eigenvalue weighted by molar-refractivity contribution is 7.91. The molecule has 3 aromatic rings. The molecule has 1 unspecified atom stereocenters. The molecule has 1 saturated heterocycles. The number of hydrogen-bond acceptors (Lipinski definition) is 6. The van der Waals surface area contributed by atoms with Gasteiger partial charge in [0, 0.05) is 43.1 Å². The summed E-state index contributed by atoms with van der Waals surface area (Å²) in [5.74, 6) is 1.54. The Hall–Kier alpha value is -3.90. The zero-order valence-corrected chi connectivity index (χ0v) is 27.1. The monoisotopic (exact) mass is 640 g/mol. The van der Waals surface area contributed by atoms with E-state index in [0.717, 1.165) is 69.3 Å². The number of carboxylic acid groups (broad SMARTS) is 1. The van der Waals surface area contributed by atoms with Crippen molar-refractivity contribution >= 4 is 21.6 Å². The van der Waals surface area contributed by atoms with Gasteiger partial charge in [-0.15, -0.1) is 0 Å². The molecule has 2 N–H and O–H groups in total. The highest BCUT2D eigenvalue weighted by Crippen LogP contribution is 2.52. The Kier molecular flexibility index (Phi) is 9.65. The summed E-state index contributed by atoms with van der Waals surface area (Å²) in [7, 11) is -3.54. The van der Waals surface area contributed by atoms with E-state index in [2.05, 4.69) is 33.4 Å². The lowest BCUT2D eigenvalue weighted by atomic mass is 9.57. The minimum absolute atomic E-state index is 0.0128. The summed E-state index contributed by atoms with van der Waals surface area (Å²) in [6.45, 7) is 2.00. The smallest absolute Gasteiger partial charge is 0.404 e. The van der Waals surface area contributed by atoms with E-state index >= 15 is 0 Å². The van der Waals surface area contributed by atoms with E-state index < -0.39 is 21.3 Å². The molecule has 0 spiro atoms. The van der Waals surface area contributed by atoms with Gasteiger partial charge >= 0.3 is 6.09 Å². The van der Waals surface area contributed by atoms with E-state index in [4.69, 9.17) is 0 Å². The van der Waals surface area contributed by atoms with Gasteiger partial charge in [0.25, 0.3) is 0 Å². The van der Waals surface area contributed by atoms with Gasteiger partial charge in [-0.2, -0.15) is 5.26 Å². The van der Waals surface area contributed by atoms with Crippen LogP contribution in [0.4, 0.5) is 10.5 Å². The third-order valence-corrected chi connectivity index (χ3v) is 12.8. The van der Waals surface area contributed by atoms with Gasteiger partial charge in [-0.3, -0.25) is 4.98 Å². The van der Waals surface area contributed by atoms with Gasteiger partial charge < -0.3 is 15.3 Å². The quantitative estimate of drug-likeness (QED) is 0.227. The third-order valence-electron chi connectivity index (χ3n) is 11.0. The normalized spacial score (nSPS) is 24.8. The van der Waals surface area contributed by atoms with Crippen LogP contribution in [0.3, 0.4) is 0 Å². The maximum absolute atomic E-state index is 12.9. The molecule has 6 rings (SSSR count). The van der Waals surface area contributed by atoms with E-state index in [1.54, 1.807) is 12.1 Å². The lowest BCUT2D eigenvalue weighted by molar-refractivity contribution is 0.131. The van der Waals surface area contributed by atoms with Crippen molar-refractivity contribution in [3.63, 3.8) is 0 Å². The van der Waals surface area contributed by atoms with Crippen LogP contribution < -0.4 is 10.2 Å². The largest absolute Gasteiger partial charge is 0.465 e. The number of anilines is 1. The molecule has 2 saturated carbocycles. The first kappa shape index (κ1) is 32.1. The van der Waals surface area contributed by atoms with Gasteiger partial charge in [-0.05, 0) is 91.8 Å². The Morgan fingerprint density at radius 3 is 2.20 bits per heavy atom. The van der Waals surface area contributed by atoms with Crippen LogP contribution in [0.15, 0.2) is 88.9 Å². The summed E-state index contributed by atoms with van der Waals surface area (Å²) in [4.78, 5) is 18.4. The molecule has 1 aromatic heterocycles. The van der Waals surface area contributed by atoms with Gasteiger partial charge in [0.2, 0.25) is 9.84 Å². The van der Waals surface area contributed by atoms with Crippen molar-refractivity contribution in [3.8, 4) is 6.07 Å². The van der Waals surface area contributed by atoms with Crippen molar-refractivity contribution in [3.05, 3.63) is 84.7 Å². The van der Waals surface area contributed by atoms with Crippen LogP contribution in [0, 0.1) is 35.0 Å². The highest BCUT2D eigenvalue weighted by atomic mass is 32.2. The number of amides is 1. The number of pyridine rings is 1. The van der Waals surface area contributed by atoms with Crippen molar-refractivity contribution in [1.29, 1.82) is 5.26 Å². The molecule has 8 nitrogen and oxygen atoms in total. The van der Waals surface area contributed by atoms with Crippen molar-refractivity contribution < 1.29 is 18.3 Å². The van der Waals surface area contributed by atoms with E-state index in [1.165, 1.54) is 43.8 Å². The summed E-state index contributed by atoms with van der Waals surface area (Å²) in [6.07, 6.45) is 12.5. The predicted octanol–water partition coefficient (Wildman–Crippen LogP) is 7.23. The summed E-state index contributed by atoms with van der Waals surface area (Å²) in [5, 5.41) is 23.1. The van der Waals surface area contributed by atoms with Crippen LogP contribution in [0.25, 0.3) is 0 Å². The SMILES string of the molecule is N#CC(c1ccccc1)(C1CCC(CCCC2CN(c3ccc(S(=O)(=O)c4ccncc4)cc3)C2)CC1)[C@@H]1CCC[C@H]1NC(=O)O. The summed E-state index contributed by atoms with van der Waals surface area (Å²) in [6, 6.07) is 23.0. The maximum atomic E-state index is 12.9. The zero-order valence-electron chi connectivity index (χ0n) is 26.3. The second-order valence-electron chi connectivity index (χ2n) is 13.5. The number of sulfone groups is 1. The van der Waals surface area contributed by atoms with E-state index in [0.29, 0.717) is 16.7 Å². The molecular formula is C37H44N4O4S. The molecule has 3 aliphatic rings. The molecule has 1 aliphatic heterocycles. The summed E-state index contributed by atoms with van der Waals surface area (Å²) >= 11 is 0.